The number of amides is 1. The maximum atomic E-state index is 13.5. The summed E-state index contributed by atoms with van der Waals surface area (Å²) < 4.78 is 15.0. The molecule has 4 rings (SSSR count). The Balaban J connectivity index is 1.42. The standard InChI is InChI=1S/C34H38BrN3O4/c1-24(39)19-20-33(2,3)41-22-21-34(4,5)42-29-17-15-27(16-18-29)36-32(40)30-23-38(28-9-7-6-8-10-28)37-31(30)25-11-13-26(35)14-12-25/h6-18,23H,19-22H2,1-5H3,(H,36,40). The molecule has 0 atom stereocenters. The number of benzene rings is 3. The molecule has 220 valence electrons. The highest BCUT2D eigenvalue weighted by Crippen LogP contribution is 2.28. The largest absolute Gasteiger partial charge is 0.488 e. The fourth-order valence-electron chi connectivity index (χ4n) is 4.37. The second kappa shape index (κ2) is 13.5. The van der Waals surface area contributed by atoms with Crippen LogP contribution >= 0.6 is 15.9 Å². The Hall–Kier alpha value is -3.75. The first-order valence-corrected chi connectivity index (χ1v) is 14.8. The molecule has 1 heterocycles. The fourth-order valence-corrected chi connectivity index (χ4v) is 4.64. The molecule has 42 heavy (non-hydrogen) atoms. The van der Waals surface area contributed by atoms with Crippen LogP contribution in [0.2, 0.25) is 0 Å². The Labute approximate surface area is 256 Å². The van der Waals surface area contributed by atoms with E-state index in [1.807, 2.05) is 107 Å². The number of nitrogens with zero attached hydrogens (tertiary/aromatic N) is 2. The van der Waals surface area contributed by atoms with Gasteiger partial charge in [-0.25, -0.2) is 4.68 Å². The summed E-state index contributed by atoms with van der Waals surface area (Å²) in [6.45, 7) is 10.2. The van der Waals surface area contributed by atoms with E-state index in [1.54, 1.807) is 17.8 Å². The van der Waals surface area contributed by atoms with Crippen molar-refractivity contribution in [3.8, 4) is 22.7 Å². The molecule has 1 N–H and O–H groups in total. The number of aromatic nitrogens is 2. The third kappa shape index (κ3) is 8.87. The van der Waals surface area contributed by atoms with Gasteiger partial charge >= 0.3 is 0 Å². The molecule has 0 aliphatic carbocycles. The third-order valence-electron chi connectivity index (χ3n) is 6.88. The first-order chi connectivity index (χ1) is 19.9. The highest BCUT2D eigenvalue weighted by molar-refractivity contribution is 9.10. The molecule has 0 aliphatic heterocycles. The van der Waals surface area contributed by atoms with Crippen molar-refractivity contribution in [2.75, 3.05) is 11.9 Å². The van der Waals surface area contributed by atoms with Gasteiger partial charge < -0.3 is 19.6 Å². The second-order valence-corrected chi connectivity index (χ2v) is 12.5. The molecule has 3 aromatic carbocycles. The summed E-state index contributed by atoms with van der Waals surface area (Å²) in [5.74, 6) is 0.609. The maximum absolute atomic E-state index is 13.5. The highest BCUT2D eigenvalue weighted by atomic mass is 79.9. The van der Waals surface area contributed by atoms with Crippen LogP contribution in [0.4, 0.5) is 5.69 Å². The summed E-state index contributed by atoms with van der Waals surface area (Å²) in [5.41, 5.74) is 2.59. The molecular formula is C34H38BrN3O4. The van der Waals surface area contributed by atoms with E-state index in [0.29, 0.717) is 48.6 Å². The van der Waals surface area contributed by atoms with Crippen LogP contribution in [0.25, 0.3) is 16.9 Å². The minimum Gasteiger partial charge on any atom is -0.488 e. The molecule has 0 bridgehead atoms. The zero-order valence-corrected chi connectivity index (χ0v) is 26.4. The normalized spacial score (nSPS) is 11.8. The van der Waals surface area contributed by atoms with Crippen molar-refractivity contribution in [1.29, 1.82) is 0 Å². The zero-order valence-electron chi connectivity index (χ0n) is 24.8. The average molecular weight is 633 g/mol. The molecular weight excluding hydrogens is 594 g/mol. The van der Waals surface area contributed by atoms with Crippen LogP contribution in [0.15, 0.2) is 89.5 Å². The van der Waals surface area contributed by atoms with Gasteiger partial charge in [-0.15, -0.1) is 0 Å². The minimum absolute atomic E-state index is 0.169. The molecule has 0 aliphatic rings. The van der Waals surface area contributed by atoms with Crippen molar-refractivity contribution in [1.82, 2.24) is 9.78 Å². The zero-order chi connectivity index (χ0) is 30.3. The van der Waals surface area contributed by atoms with Gasteiger partial charge in [0.05, 0.1) is 23.5 Å². The number of anilines is 1. The van der Waals surface area contributed by atoms with Crippen LogP contribution < -0.4 is 10.1 Å². The lowest BCUT2D eigenvalue weighted by molar-refractivity contribution is -0.119. The smallest absolute Gasteiger partial charge is 0.259 e. The van der Waals surface area contributed by atoms with Crippen molar-refractivity contribution in [3.05, 3.63) is 95.1 Å². The topological polar surface area (TPSA) is 82.5 Å². The number of rotatable bonds is 13. The first-order valence-electron chi connectivity index (χ1n) is 14.1. The summed E-state index contributed by atoms with van der Waals surface area (Å²) in [6.07, 6.45) is 3.63. The van der Waals surface area contributed by atoms with Gasteiger partial charge in [-0.2, -0.15) is 5.10 Å². The van der Waals surface area contributed by atoms with Gasteiger partial charge in [0.25, 0.3) is 5.91 Å². The third-order valence-corrected chi connectivity index (χ3v) is 7.41. The van der Waals surface area contributed by atoms with Crippen molar-refractivity contribution >= 4 is 33.3 Å². The molecule has 0 spiro atoms. The molecule has 8 heteroatoms. The maximum Gasteiger partial charge on any atom is 0.259 e. The van der Waals surface area contributed by atoms with Gasteiger partial charge in [0, 0.05) is 34.8 Å². The number of carbonyl (C=O) groups is 2. The molecule has 0 fully saturated rings. The van der Waals surface area contributed by atoms with Crippen LogP contribution in [0.5, 0.6) is 5.75 Å². The average Bonchev–Trinajstić information content (AvgIpc) is 3.39. The van der Waals surface area contributed by atoms with E-state index in [2.05, 4.69) is 21.2 Å². The van der Waals surface area contributed by atoms with Gasteiger partial charge in [-0.3, -0.25) is 4.79 Å². The van der Waals surface area contributed by atoms with E-state index in [-0.39, 0.29) is 17.3 Å². The quantitative estimate of drug-likeness (QED) is 0.161. The SMILES string of the molecule is CC(=O)CCC(C)(C)OCCC(C)(C)Oc1ccc(NC(=O)c2cn(-c3ccccc3)nc2-c2ccc(Br)cc2)cc1. The van der Waals surface area contributed by atoms with Crippen LogP contribution in [0, 0.1) is 0 Å². The second-order valence-electron chi connectivity index (χ2n) is 11.6. The highest BCUT2D eigenvalue weighted by Gasteiger charge is 2.24. The molecule has 4 aromatic rings. The van der Waals surface area contributed by atoms with Gasteiger partial charge in [-0.1, -0.05) is 46.3 Å². The Morgan fingerprint density at radius 2 is 1.55 bits per heavy atom. The molecule has 1 amide bonds. The number of ether oxygens (including phenoxy) is 2. The molecule has 0 saturated carbocycles. The summed E-state index contributed by atoms with van der Waals surface area (Å²) in [6, 6.07) is 24.8. The van der Waals surface area contributed by atoms with Gasteiger partial charge in [0.2, 0.25) is 0 Å². The number of hydrogen-bond acceptors (Lipinski definition) is 5. The van der Waals surface area contributed by atoms with Gasteiger partial charge in [0.1, 0.15) is 22.8 Å². The fraction of sp³-hybridized carbons (Fsp3) is 0.324. The molecule has 0 unspecified atom stereocenters. The number of para-hydroxylation sites is 1. The van der Waals surface area contributed by atoms with Crippen LogP contribution in [-0.4, -0.2) is 39.3 Å². The van der Waals surface area contributed by atoms with Crippen LogP contribution in [-0.2, 0) is 9.53 Å². The predicted octanol–water partition coefficient (Wildman–Crippen LogP) is 8.27. The number of hydrogen-bond donors (Lipinski definition) is 1. The Bertz CT molecular complexity index is 1490. The van der Waals surface area contributed by atoms with E-state index in [1.165, 1.54) is 0 Å². The molecule has 0 saturated heterocycles. The number of ketones is 1. The van der Waals surface area contributed by atoms with E-state index < -0.39 is 5.60 Å². The van der Waals surface area contributed by atoms with E-state index in [0.717, 1.165) is 15.7 Å². The van der Waals surface area contributed by atoms with E-state index in [9.17, 15) is 9.59 Å². The van der Waals surface area contributed by atoms with Crippen molar-refractivity contribution in [3.63, 3.8) is 0 Å². The molecule has 7 nitrogen and oxygen atoms in total. The number of halogens is 1. The summed E-state index contributed by atoms with van der Waals surface area (Å²) in [5, 5.41) is 7.75. The predicted molar refractivity (Wildman–Crippen MR) is 170 cm³/mol. The van der Waals surface area contributed by atoms with Crippen molar-refractivity contribution in [2.24, 2.45) is 0 Å². The summed E-state index contributed by atoms with van der Waals surface area (Å²) in [4.78, 5) is 24.8. The van der Waals surface area contributed by atoms with Gasteiger partial charge in [0.15, 0.2) is 0 Å². The monoisotopic (exact) mass is 631 g/mol. The van der Waals surface area contributed by atoms with Gasteiger partial charge in [-0.05, 0) is 89.6 Å². The lowest BCUT2D eigenvalue weighted by Crippen LogP contribution is -2.33. The number of Topliss-reactive ketones (excluding diaryl/α,β-unsaturated/α-hetero) is 1. The molecule has 0 radical (unpaired) electrons. The number of nitrogens with one attached hydrogen (secondary N) is 1. The Morgan fingerprint density at radius 3 is 2.19 bits per heavy atom. The summed E-state index contributed by atoms with van der Waals surface area (Å²) >= 11 is 3.47. The first kappa shape index (κ1) is 31.2. The van der Waals surface area contributed by atoms with E-state index in [4.69, 9.17) is 14.6 Å². The van der Waals surface area contributed by atoms with Crippen LogP contribution in [0.1, 0.15) is 64.2 Å². The van der Waals surface area contributed by atoms with Crippen molar-refractivity contribution < 1.29 is 19.1 Å². The number of carbonyl (C=O) groups excluding carboxylic acids is 2. The van der Waals surface area contributed by atoms with E-state index >= 15 is 0 Å². The van der Waals surface area contributed by atoms with Crippen molar-refractivity contribution in [2.45, 2.75) is 65.1 Å². The minimum atomic E-state index is -0.465. The van der Waals surface area contributed by atoms with Crippen LogP contribution in [0.3, 0.4) is 0 Å². The summed E-state index contributed by atoms with van der Waals surface area (Å²) in [7, 11) is 0. The Morgan fingerprint density at radius 1 is 0.881 bits per heavy atom. The Kier molecular flexibility index (Phi) is 10.0. The lowest BCUT2D eigenvalue weighted by atomic mass is 10.0. The molecule has 1 aromatic heterocycles. The lowest BCUT2D eigenvalue weighted by Gasteiger charge is -2.30.